The van der Waals surface area contributed by atoms with Gasteiger partial charge in [0.05, 0.1) is 17.9 Å². The number of hydrogen-bond acceptors (Lipinski definition) is 3. The molecule has 0 spiro atoms. The molecule has 0 aliphatic carbocycles. The molecule has 1 aliphatic heterocycles. The van der Waals surface area contributed by atoms with Gasteiger partial charge in [0.1, 0.15) is 5.58 Å². The minimum Gasteiger partial charge on any atom is -0.464 e. The number of rotatable bonds is 1. The Hall–Kier alpha value is -1.68. The molecule has 2 nitrogen and oxygen atoms in total. The Morgan fingerprint density at radius 2 is 2.05 bits per heavy atom. The summed E-state index contributed by atoms with van der Waals surface area (Å²) in [6.07, 6.45) is 3.67. The monoisotopic (exact) mass is 314 g/mol. The Morgan fingerprint density at radius 3 is 2.90 bits per heavy atom. The number of aliphatic hydroxyl groups excluding tert-OH is 1. The topological polar surface area (TPSA) is 33.4 Å². The molecular weight excluding hydrogens is 304 g/mol. The smallest absolute Gasteiger partial charge is 0.143 e. The molecule has 0 unspecified atom stereocenters. The molecule has 2 aromatic carbocycles. The maximum Gasteiger partial charge on any atom is 0.143 e. The summed E-state index contributed by atoms with van der Waals surface area (Å²) in [5.41, 5.74) is 1.88. The summed E-state index contributed by atoms with van der Waals surface area (Å²) in [6, 6.07) is 9.89. The Balaban J connectivity index is 2.33. The van der Waals surface area contributed by atoms with Gasteiger partial charge in [0.15, 0.2) is 0 Å². The van der Waals surface area contributed by atoms with Crippen LogP contribution in [0.1, 0.15) is 5.56 Å². The maximum absolute atomic E-state index is 9.67. The number of thioether (sulfide) groups is 1. The van der Waals surface area contributed by atoms with Gasteiger partial charge in [-0.15, -0.1) is 0 Å². The second kappa shape index (κ2) is 4.95. The van der Waals surface area contributed by atoms with E-state index < -0.39 is 0 Å². The largest absolute Gasteiger partial charge is 0.464 e. The molecule has 0 saturated heterocycles. The molecule has 1 N–H and O–H groups in total. The molecule has 21 heavy (non-hydrogen) atoms. The lowest BCUT2D eigenvalue weighted by molar-refractivity contribution is 0.353. The van der Waals surface area contributed by atoms with Crippen molar-refractivity contribution in [2.24, 2.45) is 0 Å². The fraction of sp³-hybridized carbons (Fsp3) is 0.0588. The zero-order chi connectivity index (χ0) is 14.4. The lowest BCUT2D eigenvalue weighted by Crippen LogP contribution is -2.11. The number of hydrogen-bond donors (Lipinski definition) is 1. The van der Waals surface area contributed by atoms with Gasteiger partial charge in [-0.25, -0.2) is 0 Å². The third-order valence-corrected chi connectivity index (χ3v) is 4.92. The molecule has 0 bridgehead atoms. The van der Waals surface area contributed by atoms with Crippen molar-refractivity contribution in [3.05, 3.63) is 57.8 Å². The van der Waals surface area contributed by atoms with Crippen molar-refractivity contribution in [3.8, 4) is 0 Å². The van der Waals surface area contributed by atoms with Gasteiger partial charge < -0.3 is 9.52 Å². The highest BCUT2D eigenvalue weighted by Gasteiger charge is 2.13. The fourth-order valence-corrected chi connectivity index (χ4v) is 3.78. The van der Waals surface area contributed by atoms with Crippen molar-refractivity contribution in [2.75, 3.05) is 6.61 Å². The third-order valence-electron chi connectivity index (χ3n) is 3.70. The molecule has 0 radical (unpaired) electrons. The van der Waals surface area contributed by atoms with Crippen LogP contribution in [0.15, 0.2) is 46.4 Å². The lowest BCUT2D eigenvalue weighted by Gasteiger charge is -2.06. The van der Waals surface area contributed by atoms with E-state index in [-0.39, 0.29) is 6.61 Å². The van der Waals surface area contributed by atoms with Crippen molar-refractivity contribution >= 4 is 56.1 Å². The highest BCUT2D eigenvalue weighted by molar-refractivity contribution is 8.10. The summed E-state index contributed by atoms with van der Waals surface area (Å²) in [7, 11) is 0. The van der Waals surface area contributed by atoms with Gasteiger partial charge in [0.2, 0.25) is 0 Å². The number of fused-ring (bicyclic) bond motifs is 5. The van der Waals surface area contributed by atoms with Gasteiger partial charge in [0, 0.05) is 20.9 Å². The van der Waals surface area contributed by atoms with Crippen molar-refractivity contribution in [1.82, 2.24) is 0 Å². The predicted molar refractivity (Wildman–Crippen MR) is 89.9 cm³/mol. The molecule has 1 aromatic heterocycles. The van der Waals surface area contributed by atoms with Gasteiger partial charge in [-0.1, -0.05) is 41.6 Å². The summed E-state index contributed by atoms with van der Waals surface area (Å²) in [4.78, 5) is 0.945. The average molecular weight is 315 g/mol. The van der Waals surface area contributed by atoms with Crippen molar-refractivity contribution in [3.63, 3.8) is 0 Å². The van der Waals surface area contributed by atoms with Crippen molar-refractivity contribution < 1.29 is 9.52 Å². The average Bonchev–Trinajstić information content (AvgIpc) is 2.77. The van der Waals surface area contributed by atoms with E-state index in [9.17, 15) is 5.11 Å². The van der Waals surface area contributed by atoms with Gasteiger partial charge in [-0.2, -0.15) is 0 Å². The quantitative estimate of drug-likeness (QED) is 0.725. The van der Waals surface area contributed by atoms with Gasteiger partial charge in [-0.3, -0.25) is 0 Å². The van der Waals surface area contributed by atoms with E-state index in [1.807, 2.05) is 23.6 Å². The van der Waals surface area contributed by atoms with E-state index >= 15 is 0 Å². The molecule has 0 fully saturated rings. The van der Waals surface area contributed by atoms with Crippen LogP contribution in [-0.4, -0.2) is 11.7 Å². The highest BCUT2D eigenvalue weighted by Crippen LogP contribution is 2.33. The summed E-state index contributed by atoms with van der Waals surface area (Å²) < 4.78 is 5.67. The molecule has 0 saturated carbocycles. The SMILES string of the molecule is OCC1=c2c(cccc3c2cc2c(Cl)ccoc23)C=CS1. The molecule has 0 atom stereocenters. The summed E-state index contributed by atoms with van der Waals surface area (Å²) in [5.74, 6) is 0. The van der Waals surface area contributed by atoms with E-state index in [1.54, 1.807) is 24.1 Å². The van der Waals surface area contributed by atoms with Crippen LogP contribution in [-0.2, 0) is 0 Å². The van der Waals surface area contributed by atoms with Crippen LogP contribution in [0.2, 0.25) is 5.02 Å². The molecule has 1 aliphatic rings. The summed E-state index contributed by atoms with van der Waals surface area (Å²) in [5, 5.41) is 16.4. The van der Waals surface area contributed by atoms with Crippen LogP contribution in [0.25, 0.3) is 32.7 Å². The van der Waals surface area contributed by atoms with Crippen LogP contribution in [0.4, 0.5) is 0 Å². The lowest BCUT2D eigenvalue weighted by atomic mass is 10.1. The predicted octanol–water partition coefficient (Wildman–Crippen LogP) is 4.34. The summed E-state index contributed by atoms with van der Waals surface area (Å²) >= 11 is 7.83. The Kier molecular flexibility index (Phi) is 3.07. The van der Waals surface area contributed by atoms with Crippen LogP contribution in [0, 0.1) is 0 Å². The molecule has 2 heterocycles. The van der Waals surface area contributed by atoms with E-state index in [2.05, 4.69) is 12.1 Å². The third kappa shape index (κ3) is 1.93. The second-order valence-corrected chi connectivity index (χ2v) is 6.25. The molecule has 0 amide bonds. The van der Waals surface area contributed by atoms with Crippen molar-refractivity contribution in [2.45, 2.75) is 0 Å². The maximum atomic E-state index is 9.67. The van der Waals surface area contributed by atoms with E-state index in [0.717, 1.165) is 37.4 Å². The van der Waals surface area contributed by atoms with Gasteiger partial charge in [-0.05, 0) is 34.6 Å². The zero-order valence-corrected chi connectivity index (χ0v) is 12.5. The van der Waals surface area contributed by atoms with Crippen LogP contribution in [0.3, 0.4) is 0 Å². The second-order valence-electron chi connectivity index (χ2n) is 4.84. The molecule has 4 rings (SSSR count). The van der Waals surface area contributed by atoms with E-state index in [0.29, 0.717) is 5.02 Å². The molecule has 104 valence electrons. The minimum atomic E-state index is 0.0213. The molecule has 3 aromatic rings. The first kappa shape index (κ1) is 13.0. The van der Waals surface area contributed by atoms with E-state index in [1.165, 1.54) is 0 Å². The first-order valence-corrected chi connectivity index (χ1v) is 7.81. The number of aliphatic hydroxyl groups is 1. The van der Waals surface area contributed by atoms with Gasteiger partial charge in [0.25, 0.3) is 0 Å². The molecule has 4 heteroatoms. The minimum absolute atomic E-state index is 0.0213. The highest BCUT2D eigenvalue weighted by atomic mass is 35.5. The van der Waals surface area contributed by atoms with E-state index in [4.69, 9.17) is 16.0 Å². The molecular formula is C17H11ClO2S. The standard InChI is InChI=1S/C17H11ClO2S/c18-14-4-6-20-17-11-3-1-2-10-5-7-21-15(9-19)16(10)12(11)8-13(14)17/h1-8,19H,9H2. The van der Waals surface area contributed by atoms with Crippen molar-refractivity contribution in [1.29, 1.82) is 0 Å². The number of halogens is 1. The fourth-order valence-electron chi connectivity index (χ4n) is 2.78. The first-order valence-electron chi connectivity index (χ1n) is 6.55. The Morgan fingerprint density at radius 1 is 1.14 bits per heavy atom. The Labute approximate surface area is 130 Å². The van der Waals surface area contributed by atoms with Gasteiger partial charge >= 0.3 is 0 Å². The first-order chi connectivity index (χ1) is 10.3. The van der Waals surface area contributed by atoms with Crippen LogP contribution < -0.4 is 5.22 Å². The Bertz CT molecular complexity index is 970. The zero-order valence-electron chi connectivity index (χ0n) is 11.0. The van der Waals surface area contributed by atoms with Crippen LogP contribution >= 0.6 is 23.4 Å². The van der Waals surface area contributed by atoms with Crippen LogP contribution in [0.5, 0.6) is 0 Å². The summed E-state index contributed by atoms with van der Waals surface area (Å²) in [6.45, 7) is 0.0213. The normalized spacial score (nSPS) is 13.9.